The fraction of sp³-hybridized carbons (Fsp3) is 0.458. The number of rotatable bonds is 17. The van der Waals surface area contributed by atoms with E-state index in [0.717, 1.165) is 59.3 Å². The summed E-state index contributed by atoms with van der Waals surface area (Å²) in [5, 5.41) is 15.9. The van der Waals surface area contributed by atoms with Crippen molar-refractivity contribution in [1.29, 1.82) is 5.26 Å². The first-order valence-corrected chi connectivity index (χ1v) is 27.9. The van der Waals surface area contributed by atoms with Gasteiger partial charge in [-0.15, -0.1) is 11.3 Å². The van der Waals surface area contributed by atoms with Gasteiger partial charge in [0.2, 0.25) is 11.8 Å². The minimum atomic E-state index is -0.920. The maximum atomic E-state index is 14.7. The molecular formula is C59H68ClN9O8S. The summed E-state index contributed by atoms with van der Waals surface area (Å²) in [5.74, 6) is -0.122. The highest BCUT2D eigenvalue weighted by Crippen LogP contribution is 2.55. The predicted octanol–water partition coefficient (Wildman–Crippen LogP) is 8.24. The van der Waals surface area contributed by atoms with Crippen molar-refractivity contribution in [1.82, 2.24) is 35.3 Å². The monoisotopic (exact) mass is 1100 g/mol. The summed E-state index contributed by atoms with van der Waals surface area (Å²) in [5.41, 5.74) is 6.00. The second-order valence-electron chi connectivity index (χ2n) is 22.4. The molecule has 0 spiro atoms. The summed E-state index contributed by atoms with van der Waals surface area (Å²) in [7, 11) is 0. The van der Waals surface area contributed by atoms with Gasteiger partial charge in [-0.25, -0.2) is 9.97 Å². The van der Waals surface area contributed by atoms with Gasteiger partial charge in [0.1, 0.15) is 54.3 Å². The molecule has 0 radical (unpaired) electrons. The number of esters is 1. The number of nitrogens with one attached hydrogen (secondary N) is 2. The predicted molar refractivity (Wildman–Crippen MR) is 297 cm³/mol. The van der Waals surface area contributed by atoms with Crippen molar-refractivity contribution in [2.45, 2.75) is 112 Å². The number of halogens is 1. The molecule has 4 amide bonds. The van der Waals surface area contributed by atoms with Crippen LogP contribution in [0.3, 0.4) is 0 Å². The molecule has 1 aliphatic carbocycles. The number of hydrogen-bond acceptors (Lipinski definition) is 14. The van der Waals surface area contributed by atoms with Gasteiger partial charge in [0.25, 0.3) is 11.8 Å². The first-order valence-electron chi connectivity index (χ1n) is 26.6. The number of anilines is 1. The molecule has 2 aromatic heterocycles. The minimum Gasteiger partial charge on any atom is -0.492 e. The van der Waals surface area contributed by atoms with Crippen LogP contribution >= 0.6 is 22.9 Å². The second kappa shape index (κ2) is 22.7. The quantitative estimate of drug-likeness (QED) is 0.0845. The summed E-state index contributed by atoms with van der Waals surface area (Å²) in [6, 6.07) is 21.9. The van der Waals surface area contributed by atoms with E-state index >= 15 is 0 Å². The molecule has 3 fully saturated rings. The molecule has 0 bridgehead atoms. The molecule has 5 heterocycles. The van der Waals surface area contributed by atoms with Gasteiger partial charge in [-0.3, -0.25) is 28.9 Å². The average Bonchev–Trinajstić information content (AvgIpc) is 4.24. The SMILES string of the molecule is CC(=O)O[C@@H]1C[C@@H](C(=O)N[C@@H](C)c2ccc(-c3scnc3C)cc2)N(C(=O)[C@H](C(C)C)N2Cc3ccc(OCCN4CCN(c5ccc(C(=O)NC6C(C)(C)C(Oc7ccc(C#N)c(Cl)c7)C6(C)C)cn5)CC4)cc3C2=O)C1. The molecule has 3 aromatic carbocycles. The summed E-state index contributed by atoms with van der Waals surface area (Å²) in [4.78, 5) is 86.5. The Balaban J connectivity index is 0.751. The second-order valence-corrected chi connectivity index (χ2v) is 23.7. The van der Waals surface area contributed by atoms with Crippen molar-refractivity contribution in [3.63, 3.8) is 0 Å². The number of likely N-dealkylation sites (tertiary alicyclic amines) is 1. The van der Waals surface area contributed by atoms with Crippen LogP contribution in [0, 0.1) is 35.0 Å². The summed E-state index contributed by atoms with van der Waals surface area (Å²) in [6.07, 6.45) is 0.855. The van der Waals surface area contributed by atoms with Crippen LogP contribution in [0.15, 0.2) is 84.5 Å². The lowest BCUT2D eigenvalue weighted by Gasteiger charge is -2.63. The molecule has 4 atom stereocenters. The van der Waals surface area contributed by atoms with Crippen LogP contribution in [0.4, 0.5) is 5.82 Å². The smallest absolute Gasteiger partial charge is 0.302 e. The molecule has 0 unspecified atom stereocenters. The van der Waals surface area contributed by atoms with Gasteiger partial charge >= 0.3 is 5.97 Å². The lowest BCUT2D eigenvalue weighted by atomic mass is 9.49. The summed E-state index contributed by atoms with van der Waals surface area (Å²) in [6.45, 7) is 21.6. The number of thiazole rings is 1. The van der Waals surface area contributed by atoms with Gasteiger partial charge in [-0.05, 0) is 72.9 Å². The third kappa shape index (κ3) is 11.4. The highest BCUT2D eigenvalue weighted by atomic mass is 35.5. The van der Waals surface area contributed by atoms with Gasteiger partial charge in [0.15, 0.2) is 0 Å². The Kier molecular flexibility index (Phi) is 16.2. The number of aromatic nitrogens is 2. The van der Waals surface area contributed by atoms with Gasteiger partial charge in [-0.2, -0.15) is 5.26 Å². The van der Waals surface area contributed by atoms with E-state index in [9.17, 15) is 29.2 Å². The Morgan fingerprint density at radius 2 is 1.64 bits per heavy atom. The van der Waals surface area contributed by atoms with Crippen molar-refractivity contribution < 1.29 is 38.2 Å². The first kappa shape index (κ1) is 55.7. The number of nitriles is 1. The molecular weight excluding hydrogens is 1030 g/mol. The fourth-order valence-corrected chi connectivity index (χ4v) is 13.1. The average molecular weight is 1100 g/mol. The maximum Gasteiger partial charge on any atom is 0.302 e. The van der Waals surface area contributed by atoms with Crippen LogP contribution in [0.25, 0.3) is 10.4 Å². The number of piperazine rings is 1. The Morgan fingerprint density at radius 1 is 0.923 bits per heavy atom. The zero-order valence-corrected chi connectivity index (χ0v) is 47.2. The number of benzene rings is 3. The number of nitrogens with zero attached hydrogens (tertiary/aromatic N) is 7. The van der Waals surface area contributed by atoms with Crippen LogP contribution in [0.1, 0.15) is 111 Å². The number of hydrogen-bond donors (Lipinski definition) is 2. The van der Waals surface area contributed by atoms with Crippen LogP contribution in [-0.2, 0) is 25.7 Å². The highest BCUT2D eigenvalue weighted by molar-refractivity contribution is 7.13. The lowest BCUT2D eigenvalue weighted by Crippen LogP contribution is -2.74. The number of pyridine rings is 1. The van der Waals surface area contributed by atoms with E-state index in [4.69, 9.17) is 25.8 Å². The molecule has 410 valence electrons. The third-order valence-corrected chi connectivity index (χ3v) is 17.2. The number of carbonyl (C=O) groups is 5. The molecule has 19 heteroatoms. The molecule has 78 heavy (non-hydrogen) atoms. The summed E-state index contributed by atoms with van der Waals surface area (Å²) < 4.78 is 18.2. The van der Waals surface area contributed by atoms with E-state index in [0.29, 0.717) is 46.4 Å². The van der Waals surface area contributed by atoms with Crippen molar-refractivity contribution in [2.75, 3.05) is 50.8 Å². The number of ether oxygens (including phenoxy) is 3. The van der Waals surface area contributed by atoms with E-state index in [1.807, 2.05) is 81.7 Å². The largest absolute Gasteiger partial charge is 0.492 e. The van der Waals surface area contributed by atoms with Crippen LogP contribution in [0.5, 0.6) is 11.5 Å². The molecule has 2 saturated heterocycles. The van der Waals surface area contributed by atoms with E-state index < -0.39 is 35.0 Å². The third-order valence-electron chi connectivity index (χ3n) is 15.9. The Labute approximate surface area is 465 Å². The maximum absolute atomic E-state index is 14.7. The standard InChI is InChI=1S/C59H68ClN9O8S/c1-34(2)50(55(74)68-32-45(76-37(5)70)28-48(68)53(72)64-35(3)38-10-12-39(13-11-38)51-36(4)63-33-78-51)69-31-42-15-17-43(26-46(42)54(69)73)75-25-24-66-20-22-67(23-21-66)49-19-16-41(30-62-49)52(71)65-56-58(6,7)57(59(56,8)9)77-44-18-14-40(29-61)47(60)27-44/h10-19,26-27,30,33-35,45,48,50,56-57H,20-25,28,31-32H2,1-9H3,(H,64,72)(H,65,71)/t35-,45+,48-,50-,56?,57?/m0/s1. The van der Waals surface area contributed by atoms with Gasteiger partial charge < -0.3 is 39.5 Å². The number of aryl methyl sites for hydroxylation is 1. The zero-order valence-electron chi connectivity index (χ0n) is 45.7. The van der Waals surface area contributed by atoms with Crippen molar-refractivity contribution in [3.8, 4) is 28.0 Å². The van der Waals surface area contributed by atoms with Crippen molar-refractivity contribution in [2.24, 2.45) is 16.7 Å². The van der Waals surface area contributed by atoms with Crippen molar-refractivity contribution in [3.05, 3.63) is 123 Å². The van der Waals surface area contributed by atoms with Crippen LogP contribution in [-0.4, -0.2) is 130 Å². The minimum absolute atomic E-state index is 0.0292. The normalized spacial score (nSPS) is 21.3. The first-order chi connectivity index (χ1) is 37.1. The lowest BCUT2D eigenvalue weighted by molar-refractivity contribution is -0.164. The molecule has 2 N–H and O–H groups in total. The highest BCUT2D eigenvalue weighted by Gasteiger charge is 2.64. The van der Waals surface area contributed by atoms with E-state index in [2.05, 4.69) is 64.2 Å². The molecule has 5 aromatic rings. The molecule has 4 aliphatic rings. The molecule has 3 aliphatic heterocycles. The number of carbonyl (C=O) groups excluding carboxylic acids is 5. The Bertz CT molecular complexity index is 3100. The Hall–Kier alpha value is -7.07. The van der Waals surface area contributed by atoms with E-state index in [1.165, 1.54) is 11.8 Å². The summed E-state index contributed by atoms with van der Waals surface area (Å²) >= 11 is 7.84. The van der Waals surface area contributed by atoms with Crippen LogP contribution in [0.2, 0.25) is 5.02 Å². The topological polar surface area (TPSA) is 200 Å². The van der Waals surface area contributed by atoms with Gasteiger partial charge in [0.05, 0.1) is 44.8 Å². The fourth-order valence-electron chi connectivity index (χ4n) is 12.1. The van der Waals surface area contributed by atoms with Crippen LogP contribution < -0.4 is 25.0 Å². The van der Waals surface area contributed by atoms with Crippen molar-refractivity contribution >= 4 is 58.4 Å². The van der Waals surface area contributed by atoms with E-state index in [-0.39, 0.29) is 67.2 Å². The molecule has 1 saturated carbocycles. The number of amides is 4. The van der Waals surface area contributed by atoms with Gasteiger partial charge in [0, 0.05) is 87.3 Å². The Morgan fingerprint density at radius 3 is 2.27 bits per heavy atom. The van der Waals surface area contributed by atoms with Gasteiger partial charge in [-0.1, -0.05) is 83.5 Å². The zero-order chi connectivity index (χ0) is 55.8. The number of fused-ring (bicyclic) bond motifs is 1. The molecule has 17 nitrogen and oxygen atoms in total. The molecule has 9 rings (SSSR count). The van der Waals surface area contributed by atoms with E-state index in [1.54, 1.807) is 46.7 Å².